The molecule has 0 saturated heterocycles. The molecular formula is C100H154. The first-order chi connectivity index (χ1) is 49.4. The first kappa shape index (κ1) is 64.8. The van der Waals surface area contributed by atoms with Crippen molar-refractivity contribution in [2.45, 2.75) is 353 Å². The highest BCUT2D eigenvalue weighted by Gasteiger charge is 2.76. The Labute approximate surface area is 615 Å². The Balaban J connectivity index is 0.0000000668. The summed E-state index contributed by atoms with van der Waals surface area (Å²) in [4.78, 5) is 0. The molecule has 0 aromatic rings. The number of hydrogen-bond acceptors (Lipinski definition) is 0. The van der Waals surface area contributed by atoms with Crippen molar-refractivity contribution in [3.8, 4) is 0 Å². The topological polar surface area (TPSA) is 0 Å². The minimum atomic E-state index is 0.906. The highest BCUT2D eigenvalue weighted by molar-refractivity contribution is 5.24. The zero-order valence-electron chi connectivity index (χ0n) is 64.8. The quantitative estimate of drug-likeness (QED) is 0.212. The van der Waals surface area contributed by atoms with Gasteiger partial charge in [-0.2, -0.15) is 0 Å². The number of fused-ring (bicyclic) bond motifs is 28. The van der Waals surface area contributed by atoms with Crippen LogP contribution in [0.15, 0.2) is 0 Å². The predicted octanol–water partition coefficient (Wildman–Crippen LogP) is 26.9. The van der Waals surface area contributed by atoms with E-state index in [-0.39, 0.29) is 0 Å². The molecule has 554 valence electrons. The lowest BCUT2D eigenvalue weighted by Crippen LogP contribution is -2.38. The second-order valence-corrected chi connectivity index (χ2v) is 48.0. The Kier molecular flexibility index (Phi) is 16.5. The summed E-state index contributed by atoms with van der Waals surface area (Å²) in [5.41, 5.74) is 0.906. The molecule has 0 radical (unpaired) electrons. The second-order valence-electron chi connectivity index (χ2n) is 48.0. The molecule has 0 aromatic carbocycles. The Morgan fingerprint density at radius 2 is 0.440 bits per heavy atom. The summed E-state index contributed by atoms with van der Waals surface area (Å²) < 4.78 is 0. The minimum Gasteiger partial charge on any atom is -0.0530 e. The second kappa shape index (κ2) is 25.5. The van der Waals surface area contributed by atoms with E-state index >= 15 is 0 Å². The van der Waals surface area contributed by atoms with Crippen LogP contribution in [0.4, 0.5) is 0 Å². The molecule has 0 aromatic heterocycles. The summed E-state index contributed by atoms with van der Waals surface area (Å²) >= 11 is 0. The SMILES string of the molecule is C1C2CC3C1C3C2.C1C2CC3CC1CC(C2)C3.C1C2CC3CC1CC3C2.C1CC2C3C(C1)C23.C1CC2C3C1C23.C1CC2C3CCC(C3)C2C1.C1CC2CC1C1C3CCC(C3)C21.C1CC2CC1C1CC21.C1CC2CC1C1CCC21.C1CC2CC3CCCC3(C1)C2.C1CCC2C3CCC2C(C1)C3. The maximum absolute atomic E-state index is 1.64. The lowest BCUT2D eigenvalue weighted by Gasteiger charge is -2.49. The van der Waals surface area contributed by atoms with Gasteiger partial charge in [-0.3, -0.25) is 0 Å². The third-order valence-electron chi connectivity index (χ3n) is 44.4. The first-order valence-electron chi connectivity index (χ1n) is 49.4. The fourth-order valence-corrected chi connectivity index (χ4v) is 40.7. The van der Waals surface area contributed by atoms with E-state index in [9.17, 15) is 0 Å². The Morgan fingerprint density at radius 1 is 0.140 bits per heavy atom. The van der Waals surface area contributed by atoms with Gasteiger partial charge >= 0.3 is 0 Å². The molecule has 39 rings (SSSR count). The zero-order valence-corrected chi connectivity index (χ0v) is 64.8. The largest absolute Gasteiger partial charge is 0.0530 e. The van der Waals surface area contributed by atoms with Gasteiger partial charge in [-0.1, -0.05) is 51.4 Å². The van der Waals surface area contributed by atoms with Crippen LogP contribution in [-0.4, -0.2) is 0 Å². The first-order valence-corrected chi connectivity index (χ1v) is 49.4. The fourth-order valence-electron chi connectivity index (χ4n) is 40.7. The minimum absolute atomic E-state index is 0.906. The summed E-state index contributed by atoms with van der Waals surface area (Å²) in [5.74, 6) is 53.7. The van der Waals surface area contributed by atoms with Crippen molar-refractivity contribution >= 4 is 0 Å². The van der Waals surface area contributed by atoms with Crippen LogP contribution in [-0.2, 0) is 0 Å². The van der Waals surface area contributed by atoms with Crippen LogP contribution in [0.2, 0.25) is 0 Å². The van der Waals surface area contributed by atoms with Gasteiger partial charge in [0, 0.05) is 0 Å². The highest BCUT2D eigenvalue weighted by atomic mass is 14.8. The highest BCUT2D eigenvalue weighted by Crippen LogP contribution is 2.82. The van der Waals surface area contributed by atoms with E-state index in [2.05, 4.69) is 0 Å². The van der Waals surface area contributed by atoms with Gasteiger partial charge in [0.2, 0.25) is 0 Å². The maximum atomic E-state index is 1.64. The van der Waals surface area contributed by atoms with Crippen LogP contribution in [0.1, 0.15) is 353 Å². The van der Waals surface area contributed by atoms with Crippen LogP contribution < -0.4 is 0 Å². The van der Waals surface area contributed by atoms with Gasteiger partial charge in [0.15, 0.2) is 0 Å². The van der Waals surface area contributed by atoms with Crippen molar-refractivity contribution in [2.24, 2.45) is 266 Å². The van der Waals surface area contributed by atoms with Crippen LogP contribution in [0.3, 0.4) is 0 Å². The van der Waals surface area contributed by atoms with E-state index in [0.717, 1.165) is 11.3 Å². The molecule has 32 bridgehead atoms. The van der Waals surface area contributed by atoms with E-state index in [1.807, 2.05) is 0 Å². The molecule has 39 fully saturated rings. The van der Waals surface area contributed by atoms with Crippen LogP contribution in [0, 0.1) is 266 Å². The van der Waals surface area contributed by atoms with Crippen LogP contribution in [0.25, 0.3) is 0 Å². The Morgan fingerprint density at radius 3 is 0.810 bits per heavy atom. The maximum Gasteiger partial charge on any atom is -0.0266 e. The van der Waals surface area contributed by atoms with E-state index in [0.29, 0.717) is 0 Å². The summed E-state index contributed by atoms with van der Waals surface area (Å²) in [7, 11) is 0. The van der Waals surface area contributed by atoms with Crippen molar-refractivity contribution in [1.82, 2.24) is 0 Å². The van der Waals surface area contributed by atoms with E-state index in [4.69, 9.17) is 0 Å². The molecule has 100 heavy (non-hydrogen) atoms. The lowest BCUT2D eigenvalue weighted by molar-refractivity contribution is 0.0198. The van der Waals surface area contributed by atoms with Gasteiger partial charge in [-0.15, -0.1) is 0 Å². The molecule has 0 nitrogen and oxygen atoms in total. The Hall–Kier alpha value is 0. The van der Waals surface area contributed by atoms with Crippen molar-refractivity contribution < 1.29 is 0 Å². The summed E-state index contributed by atoms with van der Waals surface area (Å²) in [6.07, 6.45) is 87.9. The average Bonchev–Trinajstić information content (AvgIpc) is 1.51. The molecular weight excluding hydrogens is 1200 g/mol. The van der Waals surface area contributed by atoms with Crippen molar-refractivity contribution in [3.05, 3.63) is 0 Å². The molecule has 23 unspecified atom stereocenters. The van der Waals surface area contributed by atoms with Gasteiger partial charge in [0.25, 0.3) is 0 Å². The predicted molar refractivity (Wildman–Crippen MR) is 410 cm³/mol. The normalized spacial score (nSPS) is 62.6. The van der Waals surface area contributed by atoms with Gasteiger partial charge in [-0.25, -0.2) is 0 Å². The molecule has 0 heteroatoms. The van der Waals surface area contributed by atoms with E-state index in [1.54, 1.807) is 353 Å². The standard InChI is InChI=1S/C12H18.2C11H18.2C10H16.2C9H14.C8H12.2C7H10.C6H8/c1-2-8-5-7(1)11-9-3-4-10(6-9)12(8)11;1-3-9-7-10-4-2-6-11(10,5-1)8-9;1-2-4-10-9-5-6-11(10)8(3-1)7-9;1-7-2-9-4-8(1)5-10(3-7)6-9;1-2-9-7-4-5-8(6-7)10(9)3-1;1-6-2-8-4-7(1)5-9(8)3-6;1-2-7-5-6(1)8-3-4-9(7)8;1-2-6-3-5(1)7-4-8(6)7;1-4-2-6-5(1)7(6)3-4;1-2-4-6-5(3-1)7(4)6;1-2-4-5-3(1)6(4)5/h7-12H,1-6H2;9-10H,1-8H2;8-11H,1-7H2;2*7-10H,1-6H2;2*6-9H,1-5H2;5-8H,1-4H2;2*4-7H,1-3H2;3-6H,1-2H2. The van der Waals surface area contributed by atoms with Crippen LogP contribution in [0.5, 0.6) is 0 Å². The van der Waals surface area contributed by atoms with Crippen molar-refractivity contribution in [3.63, 3.8) is 0 Å². The van der Waals surface area contributed by atoms with Gasteiger partial charge < -0.3 is 0 Å². The van der Waals surface area contributed by atoms with Crippen LogP contribution >= 0.6 is 0 Å². The van der Waals surface area contributed by atoms with E-state index < -0.39 is 0 Å². The third-order valence-corrected chi connectivity index (χ3v) is 44.4. The van der Waals surface area contributed by atoms with Gasteiger partial charge in [-0.05, 0) is 568 Å². The molecule has 39 aliphatic carbocycles. The molecule has 0 N–H and O–H groups in total. The molecule has 1 spiro atoms. The molecule has 39 aliphatic rings. The number of hydrogen-bond donors (Lipinski definition) is 0. The van der Waals surface area contributed by atoms with Crippen molar-refractivity contribution in [2.75, 3.05) is 0 Å². The average molecular weight is 1360 g/mol. The van der Waals surface area contributed by atoms with Crippen molar-refractivity contribution in [1.29, 1.82) is 0 Å². The summed E-state index contributed by atoms with van der Waals surface area (Å²) in [6, 6.07) is 0. The molecule has 0 aliphatic heterocycles. The number of rotatable bonds is 0. The van der Waals surface area contributed by atoms with Gasteiger partial charge in [0.1, 0.15) is 0 Å². The molecule has 39 saturated carbocycles. The monoisotopic (exact) mass is 1360 g/mol. The zero-order chi connectivity index (χ0) is 64.8. The lowest BCUT2D eigenvalue weighted by atomic mass is 9.56. The van der Waals surface area contributed by atoms with Gasteiger partial charge in [0.05, 0.1) is 0 Å². The molecule has 23 atom stereocenters. The fraction of sp³-hybridized carbons (Fsp3) is 1.00. The van der Waals surface area contributed by atoms with E-state index in [1.165, 1.54) is 254 Å². The molecule has 0 amide bonds. The smallest absolute Gasteiger partial charge is 0.0266 e. The summed E-state index contributed by atoms with van der Waals surface area (Å²) in [5, 5.41) is 0. The third kappa shape index (κ3) is 11.4. The Bertz CT molecular complexity index is 2640. The summed E-state index contributed by atoms with van der Waals surface area (Å²) in [6.45, 7) is 0. The molecule has 0 heterocycles.